The minimum absolute atomic E-state index is 0.0366. The Bertz CT molecular complexity index is 995. The molecule has 6 nitrogen and oxygen atoms in total. The van der Waals surface area contributed by atoms with E-state index in [9.17, 15) is 4.79 Å². The van der Waals surface area contributed by atoms with Crippen LogP contribution in [-0.4, -0.2) is 29.2 Å². The Labute approximate surface area is 184 Å². The number of fused-ring (bicyclic) bond motifs is 1. The third kappa shape index (κ3) is 5.37. The first kappa shape index (κ1) is 22.7. The van der Waals surface area contributed by atoms with Gasteiger partial charge in [-0.3, -0.25) is 4.79 Å². The molecule has 31 heavy (non-hydrogen) atoms. The number of nitrogens with one attached hydrogen (secondary N) is 1. The van der Waals surface area contributed by atoms with Crippen LogP contribution in [-0.2, 0) is 11.3 Å². The van der Waals surface area contributed by atoms with Crippen molar-refractivity contribution in [3.05, 3.63) is 54.4 Å². The average molecular weight is 424 g/mol. The van der Waals surface area contributed by atoms with Crippen molar-refractivity contribution in [1.29, 1.82) is 0 Å². The zero-order chi connectivity index (χ0) is 22.2. The van der Waals surface area contributed by atoms with Crippen molar-refractivity contribution in [3.63, 3.8) is 0 Å². The number of amides is 1. The van der Waals surface area contributed by atoms with Crippen molar-refractivity contribution in [2.75, 3.05) is 13.7 Å². The number of rotatable bonds is 11. The van der Waals surface area contributed by atoms with Crippen molar-refractivity contribution in [2.24, 2.45) is 5.92 Å². The summed E-state index contributed by atoms with van der Waals surface area (Å²) in [4.78, 5) is 17.4. The number of para-hydroxylation sites is 4. The van der Waals surface area contributed by atoms with Gasteiger partial charge in [-0.05, 0) is 50.5 Å². The minimum atomic E-state index is -0.171. The Kier molecular flexibility index (Phi) is 7.93. The van der Waals surface area contributed by atoms with Gasteiger partial charge < -0.3 is 19.4 Å². The lowest BCUT2D eigenvalue weighted by molar-refractivity contribution is -0.125. The van der Waals surface area contributed by atoms with E-state index in [4.69, 9.17) is 14.5 Å². The predicted octanol–water partition coefficient (Wildman–Crippen LogP) is 5.13. The highest BCUT2D eigenvalue weighted by atomic mass is 16.5. The number of ether oxygens (including phenoxy) is 2. The van der Waals surface area contributed by atoms with E-state index in [1.807, 2.05) is 49.4 Å². The molecule has 1 heterocycles. The molecule has 1 N–H and O–H groups in total. The van der Waals surface area contributed by atoms with Gasteiger partial charge in [0.2, 0.25) is 5.91 Å². The number of carbonyl (C=O) groups excluding carboxylic acids is 1. The second-order valence-electron chi connectivity index (χ2n) is 7.71. The van der Waals surface area contributed by atoms with E-state index >= 15 is 0 Å². The summed E-state index contributed by atoms with van der Waals surface area (Å²) in [6, 6.07) is 15.6. The Morgan fingerprint density at radius 2 is 1.74 bits per heavy atom. The van der Waals surface area contributed by atoms with Gasteiger partial charge in [0.05, 0.1) is 30.8 Å². The molecule has 0 saturated heterocycles. The Morgan fingerprint density at radius 1 is 1.06 bits per heavy atom. The van der Waals surface area contributed by atoms with Gasteiger partial charge in [0, 0.05) is 12.5 Å². The quantitative estimate of drug-likeness (QED) is 0.434. The maximum Gasteiger partial charge on any atom is 0.223 e. The van der Waals surface area contributed by atoms with Gasteiger partial charge in [0.25, 0.3) is 0 Å². The van der Waals surface area contributed by atoms with Crippen molar-refractivity contribution >= 4 is 16.9 Å². The highest BCUT2D eigenvalue weighted by Gasteiger charge is 2.21. The molecular weight excluding hydrogens is 390 g/mol. The Balaban J connectivity index is 1.72. The summed E-state index contributed by atoms with van der Waals surface area (Å²) in [5.74, 6) is 2.48. The molecule has 6 heteroatoms. The predicted molar refractivity (Wildman–Crippen MR) is 123 cm³/mol. The van der Waals surface area contributed by atoms with Gasteiger partial charge >= 0.3 is 0 Å². The second kappa shape index (κ2) is 10.8. The van der Waals surface area contributed by atoms with E-state index in [-0.39, 0.29) is 17.9 Å². The maximum absolute atomic E-state index is 12.6. The molecule has 3 rings (SSSR count). The monoisotopic (exact) mass is 423 g/mol. The SMILES string of the molecule is CCC(CC)C(=O)NC(C)c1nc2ccccc2n1CCCOc1ccccc1OC. The molecular formula is C25H33N3O3. The summed E-state index contributed by atoms with van der Waals surface area (Å²) in [7, 11) is 1.64. The van der Waals surface area contributed by atoms with Crippen LogP contribution in [0.25, 0.3) is 11.0 Å². The molecule has 1 atom stereocenters. The van der Waals surface area contributed by atoms with Crippen LogP contribution in [0.2, 0.25) is 0 Å². The van der Waals surface area contributed by atoms with E-state index in [0.29, 0.717) is 6.61 Å². The van der Waals surface area contributed by atoms with Crippen molar-refractivity contribution in [2.45, 2.75) is 52.6 Å². The number of hydrogen-bond acceptors (Lipinski definition) is 4. The summed E-state index contributed by atoms with van der Waals surface area (Å²) >= 11 is 0. The van der Waals surface area contributed by atoms with E-state index in [1.54, 1.807) is 7.11 Å². The molecule has 0 bridgehead atoms. The summed E-state index contributed by atoms with van der Waals surface area (Å²) < 4.78 is 13.5. The number of nitrogens with zero attached hydrogens (tertiary/aromatic N) is 2. The molecule has 0 radical (unpaired) electrons. The van der Waals surface area contributed by atoms with Crippen LogP contribution in [0, 0.1) is 5.92 Å². The summed E-state index contributed by atoms with van der Waals surface area (Å²) in [5.41, 5.74) is 2.00. The summed E-state index contributed by atoms with van der Waals surface area (Å²) in [6.45, 7) is 7.41. The largest absolute Gasteiger partial charge is 0.493 e. The third-order valence-electron chi connectivity index (χ3n) is 5.64. The molecule has 0 spiro atoms. The van der Waals surface area contributed by atoms with Gasteiger partial charge in [-0.15, -0.1) is 0 Å². The number of carbonyl (C=O) groups is 1. The highest BCUT2D eigenvalue weighted by Crippen LogP contribution is 2.26. The molecule has 1 amide bonds. The topological polar surface area (TPSA) is 65.4 Å². The first-order chi connectivity index (χ1) is 15.1. The fourth-order valence-electron chi connectivity index (χ4n) is 3.86. The number of hydrogen-bond donors (Lipinski definition) is 1. The van der Waals surface area contributed by atoms with Gasteiger partial charge in [-0.25, -0.2) is 4.98 Å². The molecule has 0 aliphatic carbocycles. The van der Waals surface area contributed by atoms with Crippen molar-refractivity contribution in [1.82, 2.24) is 14.9 Å². The smallest absolute Gasteiger partial charge is 0.223 e. The molecule has 2 aromatic carbocycles. The maximum atomic E-state index is 12.6. The number of methoxy groups -OCH3 is 1. The molecule has 1 aromatic heterocycles. The van der Waals surface area contributed by atoms with Crippen LogP contribution < -0.4 is 14.8 Å². The van der Waals surface area contributed by atoms with E-state index in [0.717, 1.165) is 54.2 Å². The average Bonchev–Trinajstić information content (AvgIpc) is 3.16. The van der Waals surface area contributed by atoms with E-state index < -0.39 is 0 Å². The second-order valence-corrected chi connectivity index (χ2v) is 7.71. The minimum Gasteiger partial charge on any atom is -0.493 e. The van der Waals surface area contributed by atoms with Gasteiger partial charge in [-0.1, -0.05) is 38.1 Å². The number of imidazole rings is 1. The Morgan fingerprint density at radius 3 is 2.45 bits per heavy atom. The van der Waals surface area contributed by atoms with E-state index in [2.05, 4.69) is 29.8 Å². The lowest BCUT2D eigenvalue weighted by Crippen LogP contribution is -2.33. The van der Waals surface area contributed by atoms with Crippen molar-refractivity contribution in [3.8, 4) is 11.5 Å². The Hall–Kier alpha value is -3.02. The lowest BCUT2D eigenvalue weighted by Gasteiger charge is -2.19. The van der Waals surface area contributed by atoms with Crippen LogP contribution in [0.15, 0.2) is 48.5 Å². The highest BCUT2D eigenvalue weighted by molar-refractivity contribution is 5.79. The molecule has 0 fully saturated rings. The molecule has 1 unspecified atom stereocenters. The van der Waals surface area contributed by atoms with Crippen LogP contribution in [0.1, 0.15) is 51.9 Å². The third-order valence-corrected chi connectivity index (χ3v) is 5.64. The van der Waals surface area contributed by atoms with Gasteiger partial charge in [0.15, 0.2) is 11.5 Å². The van der Waals surface area contributed by atoms with Crippen LogP contribution >= 0.6 is 0 Å². The molecule has 166 valence electrons. The molecule has 0 aliphatic heterocycles. The first-order valence-corrected chi connectivity index (χ1v) is 11.1. The number of aromatic nitrogens is 2. The fraction of sp³-hybridized carbons (Fsp3) is 0.440. The molecule has 0 aliphatic rings. The fourth-order valence-corrected chi connectivity index (χ4v) is 3.86. The van der Waals surface area contributed by atoms with Crippen molar-refractivity contribution < 1.29 is 14.3 Å². The van der Waals surface area contributed by atoms with Gasteiger partial charge in [0.1, 0.15) is 5.82 Å². The van der Waals surface area contributed by atoms with Gasteiger partial charge in [-0.2, -0.15) is 0 Å². The standard InChI is InChI=1S/C25H33N3O3/c1-5-19(6-2)25(29)26-18(3)24-27-20-12-7-8-13-21(20)28(24)16-11-17-31-23-15-10-9-14-22(23)30-4/h7-10,12-15,18-19H,5-6,11,16-17H2,1-4H3,(H,26,29). The summed E-state index contributed by atoms with van der Waals surface area (Å²) in [5, 5.41) is 3.16. The first-order valence-electron chi connectivity index (χ1n) is 11.1. The van der Waals surface area contributed by atoms with Crippen LogP contribution in [0.3, 0.4) is 0 Å². The van der Waals surface area contributed by atoms with Crippen LogP contribution in [0.5, 0.6) is 11.5 Å². The molecule has 3 aromatic rings. The number of aryl methyl sites for hydroxylation is 1. The van der Waals surface area contributed by atoms with Crippen LogP contribution in [0.4, 0.5) is 0 Å². The summed E-state index contributed by atoms with van der Waals surface area (Å²) in [6.07, 6.45) is 2.48. The zero-order valence-electron chi connectivity index (χ0n) is 18.9. The lowest BCUT2D eigenvalue weighted by atomic mass is 10.0. The molecule has 0 saturated carbocycles. The van der Waals surface area contributed by atoms with E-state index in [1.165, 1.54) is 0 Å². The zero-order valence-corrected chi connectivity index (χ0v) is 18.9. The normalized spacial score (nSPS) is 12.2. The number of benzene rings is 2.